The van der Waals surface area contributed by atoms with Crippen LogP contribution in [0.5, 0.6) is 0 Å². The van der Waals surface area contributed by atoms with Gasteiger partial charge in [0.05, 0.1) is 0 Å². The summed E-state index contributed by atoms with van der Waals surface area (Å²) in [5, 5.41) is 9.39. The first-order valence-electron chi connectivity index (χ1n) is 5.49. The number of hydrogen-bond donors (Lipinski definition) is 2. The lowest BCUT2D eigenvalue weighted by Crippen LogP contribution is -2.14. The van der Waals surface area contributed by atoms with Gasteiger partial charge in [-0.3, -0.25) is 4.79 Å². The maximum atomic E-state index is 11.0. The zero-order valence-electron chi connectivity index (χ0n) is 9.86. The van der Waals surface area contributed by atoms with Gasteiger partial charge in [0.25, 0.3) is 0 Å². The lowest BCUT2D eigenvalue weighted by atomic mass is 10.1. The Bertz CT molecular complexity index is 528. The molecule has 0 bridgehead atoms. The number of aliphatic carboxylic acids is 1. The third-order valence-electron chi connectivity index (χ3n) is 2.26. The molecule has 1 heterocycles. The second kappa shape index (κ2) is 5.84. The smallest absolute Gasteiger partial charge is 0.372 e. The average Bonchev–Trinajstić information content (AvgIpc) is 2.75. The predicted molar refractivity (Wildman–Crippen MR) is 66.0 cm³/mol. The van der Waals surface area contributed by atoms with Crippen LogP contribution >= 0.6 is 0 Å². The third kappa shape index (κ3) is 2.93. The van der Waals surface area contributed by atoms with Crippen molar-refractivity contribution >= 4 is 22.7 Å². The molecule has 17 heavy (non-hydrogen) atoms. The fourth-order valence-corrected chi connectivity index (χ4v) is 1.53. The van der Waals surface area contributed by atoms with Crippen molar-refractivity contribution in [2.45, 2.75) is 20.3 Å². The van der Waals surface area contributed by atoms with Crippen LogP contribution in [-0.2, 0) is 16.0 Å². The fraction of sp³-hybridized carbons (Fsp3) is 0.231. The average molecular weight is 233 g/mol. The zero-order valence-corrected chi connectivity index (χ0v) is 9.86. The molecule has 0 saturated carbocycles. The van der Waals surface area contributed by atoms with Crippen LogP contribution in [0.25, 0.3) is 10.9 Å². The van der Waals surface area contributed by atoms with E-state index < -0.39 is 11.8 Å². The van der Waals surface area contributed by atoms with E-state index in [9.17, 15) is 9.59 Å². The molecule has 0 amide bonds. The van der Waals surface area contributed by atoms with E-state index in [1.807, 2.05) is 38.1 Å². The summed E-state index contributed by atoms with van der Waals surface area (Å²) in [7, 11) is 0. The first-order chi connectivity index (χ1) is 8.18. The molecule has 1 aromatic heterocycles. The highest BCUT2D eigenvalue weighted by Gasteiger charge is 2.14. The molecule has 4 heteroatoms. The molecule has 0 aliphatic carbocycles. The summed E-state index contributed by atoms with van der Waals surface area (Å²) in [4.78, 5) is 24.4. The Kier molecular flexibility index (Phi) is 4.46. The largest absolute Gasteiger partial charge is 0.475 e. The molecule has 0 aliphatic rings. The van der Waals surface area contributed by atoms with E-state index in [1.165, 1.54) is 0 Å². The summed E-state index contributed by atoms with van der Waals surface area (Å²) in [6.45, 7) is 4.00. The van der Waals surface area contributed by atoms with E-state index in [0.29, 0.717) is 0 Å². The lowest BCUT2D eigenvalue weighted by molar-refractivity contribution is -0.148. The number of carbonyl (C=O) groups is 2. The Morgan fingerprint density at radius 3 is 2.53 bits per heavy atom. The number of hydrogen-bond acceptors (Lipinski definition) is 2. The summed E-state index contributed by atoms with van der Waals surface area (Å²) in [5.41, 5.74) is 1.63. The summed E-state index contributed by atoms with van der Waals surface area (Å²) >= 11 is 0. The van der Waals surface area contributed by atoms with Crippen molar-refractivity contribution in [3.05, 3.63) is 36.0 Å². The highest BCUT2D eigenvalue weighted by atomic mass is 16.4. The van der Waals surface area contributed by atoms with Crippen LogP contribution in [0.2, 0.25) is 0 Å². The molecule has 0 unspecified atom stereocenters. The number of ketones is 1. The summed E-state index contributed by atoms with van der Waals surface area (Å²) in [6, 6.07) is 7.47. The number of aromatic nitrogens is 1. The van der Waals surface area contributed by atoms with Crippen molar-refractivity contribution in [1.82, 2.24) is 4.98 Å². The summed E-state index contributed by atoms with van der Waals surface area (Å²) in [6.07, 6.45) is 1.60. The number of nitrogens with one attached hydrogen (secondary N) is 1. The monoisotopic (exact) mass is 233 g/mol. The van der Waals surface area contributed by atoms with Gasteiger partial charge >= 0.3 is 5.97 Å². The molecule has 0 atom stereocenters. The van der Waals surface area contributed by atoms with Gasteiger partial charge in [-0.2, -0.15) is 0 Å². The molecule has 0 saturated heterocycles. The second-order valence-electron chi connectivity index (χ2n) is 3.26. The molecule has 0 fully saturated rings. The van der Waals surface area contributed by atoms with Crippen molar-refractivity contribution < 1.29 is 14.7 Å². The number of Topliss-reactive ketones (excluding diaryl/α,β-unsaturated/α-hetero) is 1. The normalized spacial score (nSPS) is 9.53. The number of H-pyrrole nitrogens is 1. The molecule has 1 aromatic carbocycles. The van der Waals surface area contributed by atoms with E-state index in [-0.39, 0.29) is 6.42 Å². The molecule has 2 aromatic rings. The molecule has 4 nitrogen and oxygen atoms in total. The molecular weight excluding hydrogens is 218 g/mol. The van der Waals surface area contributed by atoms with Gasteiger partial charge in [0, 0.05) is 23.5 Å². The van der Waals surface area contributed by atoms with Crippen molar-refractivity contribution in [2.24, 2.45) is 0 Å². The van der Waals surface area contributed by atoms with Crippen LogP contribution in [-0.4, -0.2) is 21.8 Å². The molecule has 2 N–H and O–H groups in total. The van der Waals surface area contributed by atoms with Crippen LogP contribution in [0.1, 0.15) is 19.4 Å². The van der Waals surface area contributed by atoms with E-state index in [2.05, 4.69) is 4.98 Å². The van der Waals surface area contributed by atoms with Gasteiger partial charge < -0.3 is 10.1 Å². The minimum Gasteiger partial charge on any atom is -0.475 e. The minimum atomic E-state index is -1.39. The predicted octanol–water partition coefficient (Wildman–Crippen LogP) is 2.39. The van der Waals surface area contributed by atoms with Crippen molar-refractivity contribution in [3.63, 3.8) is 0 Å². The van der Waals surface area contributed by atoms with Gasteiger partial charge in [0.2, 0.25) is 5.78 Å². The van der Waals surface area contributed by atoms with Gasteiger partial charge in [-0.05, 0) is 11.6 Å². The molecule has 2 rings (SSSR count). The van der Waals surface area contributed by atoms with Gasteiger partial charge in [-0.15, -0.1) is 0 Å². The molecule has 0 spiro atoms. The van der Waals surface area contributed by atoms with Crippen LogP contribution < -0.4 is 0 Å². The summed E-state index contributed by atoms with van der Waals surface area (Å²) < 4.78 is 0. The van der Waals surface area contributed by atoms with E-state index in [4.69, 9.17) is 5.11 Å². The maximum absolute atomic E-state index is 11.0. The van der Waals surface area contributed by atoms with E-state index >= 15 is 0 Å². The zero-order chi connectivity index (χ0) is 12.8. The number of aromatic amines is 1. The van der Waals surface area contributed by atoms with Gasteiger partial charge in [0.1, 0.15) is 0 Å². The van der Waals surface area contributed by atoms with E-state index in [0.717, 1.165) is 16.5 Å². The molecule has 90 valence electrons. The second-order valence-corrected chi connectivity index (χ2v) is 3.26. The topological polar surface area (TPSA) is 70.2 Å². The highest BCUT2D eigenvalue weighted by Crippen LogP contribution is 2.18. The number of carboxylic acid groups (broad SMARTS) is 1. The quantitative estimate of drug-likeness (QED) is 0.800. The highest BCUT2D eigenvalue weighted by molar-refractivity contribution is 6.33. The molecule has 0 radical (unpaired) electrons. The van der Waals surface area contributed by atoms with Crippen LogP contribution in [0.3, 0.4) is 0 Å². The number of fused-ring (bicyclic) bond motifs is 1. The van der Waals surface area contributed by atoms with Gasteiger partial charge in [-0.25, -0.2) is 4.79 Å². The fourth-order valence-electron chi connectivity index (χ4n) is 1.53. The Hall–Kier alpha value is -2.10. The van der Waals surface area contributed by atoms with Crippen LogP contribution in [0, 0.1) is 0 Å². The Labute approximate surface area is 99.3 Å². The third-order valence-corrected chi connectivity index (χ3v) is 2.26. The number of rotatable bonds is 3. The Morgan fingerprint density at radius 1 is 1.24 bits per heavy atom. The number of benzene rings is 1. The SMILES string of the molecule is CC.O=C(O)C(=O)Cc1c[nH]c2ccccc12. The van der Waals surface area contributed by atoms with Gasteiger partial charge in [-0.1, -0.05) is 32.0 Å². The van der Waals surface area contributed by atoms with Crippen molar-refractivity contribution in [1.29, 1.82) is 0 Å². The summed E-state index contributed by atoms with van der Waals surface area (Å²) in [5.74, 6) is -2.18. The number of carbonyl (C=O) groups excluding carboxylic acids is 1. The first-order valence-corrected chi connectivity index (χ1v) is 5.49. The van der Waals surface area contributed by atoms with Crippen LogP contribution in [0.4, 0.5) is 0 Å². The van der Waals surface area contributed by atoms with Gasteiger partial charge in [0.15, 0.2) is 0 Å². The lowest BCUT2D eigenvalue weighted by Gasteiger charge is -1.94. The number of carboxylic acids is 1. The van der Waals surface area contributed by atoms with Crippen molar-refractivity contribution in [2.75, 3.05) is 0 Å². The van der Waals surface area contributed by atoms with E-state index in [1.54, 1.807) is 6.20 Å². The minimum absolute atomic E-state index is 0.0701. The number of para-hydroxylation sites is 1. The standard InChI is InChI=1S/C11H9NO3.C2H6/c13-10(11(14)15)5-7-6-12-9-4-2-1-3-8(7)9;1-2/h1-4,6,12H,5H2,(H,14,15);1-2H3. The maximum Gasteiger partial charge on any atom is 0.372 e. The molecular formula is C13H15NO3. The Balaban J connectivity index is 0.000000686. The Morgan fingerprint density at radius 2 is 1.88 bits per heavy atom. The first kappa shape index (κ1) is 13.0. The van der Waals surface area contributed by atoms with Crippen LogP contribution in [0.15, 0.2) is 30.5 Å². The van der Waals surface area contributed by atoms with Crippen molar-refractivity contribution in [3.8, 4) is 0 Å². The molecule has 0 aliphatic heterocycles.